The van der Waals surface area contributed by atoms with Gasteiger partial charge in [0.05, 0.1) is 12.4 Å². The Morgan fingerprint density at radius 1 is 1.02 bits per heavy atom. The summed E-state index contributed by atoms with van der Waals surface area (Å²) in [6.07, 6.45) is 19.5. The minimum atomic E-state index is -0.870. The molecule has 15 nitrogen and oxygen atoms in total. The third-order valence-electron chi connectivity index (χ3n) is 9.86. The number of cyclic esters (lactones) is 1. The summed E-state index contributed by atoms with van der Waals surface area (Å²) in [4.78, 5) is 88.4. The number of alkyl carbamates (subject to hydrolysis) is 1. The number of carbonyl (C=O) groups is 7. The van der Waals surface area contributed by atoms with Crippen molar-refractivity contribution >= 4 is 65.0 Å². The minimum Gasteiger partial charge on any atom is -0.490 e. The summed E-state index contributed by atoms with van der Waals surface area (Å²) in [5.74, 6) is -1.57. The topological polar surface area (TPSA) is 199 Å². The van der Waals surface area contributed by atoms with E-state index in [1.165, 1.54) is 36.0 Å². The van der Waals surface area contributed by atoms with Crippen LogP contribution in [0.15, 0.2) is 71.2 Å². The summed E-state index contributed by atoms with van der Waals surface area (Å²) < 4.78 is 16.1. The van der Waals surface area contributed by atoms with Crippen molar-refractivity contribution in [2.75, 3.05) is 33.0 Å². The summed E-state index contributed by atoms with van der Waals surface area (Å²) in [6, 6.07) is -0.870. The van der Waals surface area contributed by atoms with Gasteiger partial charge in [-0.3, -0.25) is 28.9 Å². The van der Waals surface area contributed by atoms with Gasteiger partial charge in [-0.05, 0) is 57.1 Å². The molecular weight excluding hydrogens is 838 g/mol. The molecule has 1 fully saturated rings. The van der Waals surface area contributed by atoms with Crippen molar-refractivity contribution in [2.24, 2.45) is 11.3 Å². The lowest BCUT2D eigenvalue weighted by Crippen LogP contribution is -2.52. The van der Waals surface area contributed by atoms with Crippen LogP contribution in [-0.2, 0) is 43.0 Å². The molecule has 6 amide bonds. The largest absolute Gasteiger partial charge is 0.490 e. The molecular formula is C45H66ClN5O10S. The van der Waals surface area contributed by atoms with Gasteiger partial charge in [0.25, 0.3) is 0 Å². The normalized spacial score (nSPS) is 19.0. The first-order valence-corrected chi connectivity index (χ1v) is 22.7. The Balaban J connectivity index is 1.75. The van der Waals surface area contributed by atoms with E-state index < -0.39 is 41.4 Å². The molecule has 5 atom stereocenters. The molecule has 0 aromatic carbocycles. The molecule has 0 radical (unpaired) electrons. The van der Waals surface area contributed by atoms with Crippen LogP contribution in [-0.4, -0.2) is 103 Å². The van der Waals surface area contributed by atoms with E-state index in [1.807, 2.05) is 53.0 Å². The first-order chi connectivity index (χ1) is 29.4. The number of hydrogen-bond acceptors (Lipinski definition) is 11. The Hall–Kier alpha value is -4.83. The lowest BCUT2D eigenvalue weighted by Gasteiger charge is -2.29. The van der Waals surface area contributed by atoms with Gasteiger partial charge in [-0.2, -0.15) is 11.8 Å². The van der Waals surface area contributed by atoms with Crippen molar-refractivity contribution in [1.82, 2.24) is 26.2 Å². The number of rotatable bonds is 25. The number of carbonyl (C=O) groups excluding carboxylic acids is 7. The molecule has 1 unspecified atom stereocenters. The first-order valence-electron chi connectivity index (χ1n) is 21.0. The van der Waals surface area contributed by atoms with Gasteiger partial charge in [0, 0.05) is 68.8 Å². The number of likely N-dealkylation sites (tertiary alicyclic amines) is 1. The molecule has 0 bridgehead atoms. The maximum absolute atomic E-state index is 13.2. The Labute approximate surface area is 376 Å². The smallest absolute Gasteiger partial charge is 0.407 e. The molecule has 2 heterocycles. The van der Waals surface area contributed by atoms with Crippen molar-refractivity contribution in [1.29, 1.82) is 0 Å². The highest BCUT2D eigenvalue weighted by molar-refractivity contribution is 8.00. The highest BCUT2D eigenvalue weighted by Gasteiger charge is 2.37. The van der Waals surface area contributed by atoms with Gasteiger partial charge in [0.1, 0.15) is 18.2 Å². The van der Waals surface area contributed by atoms with Gasteiger partial charge in [0.15, 0.2) is 5.76 Å². The number of unbranched alkanes of at least 4 members (excludes halogenated alkanes) is 2. The lowest BCUT2D eigenvalue weighted by atomic mass is 9.86. The van der Waals surface area contributed by atoms with E-state index in [-0.39, 0.29) is 60.1 Å². The molecule has 344 valence electrons. The molecule has 0 aromatic heterocycles. The Bertz CT molecular complexity index is 1750. The van der Waals surface area contributed by atoms with Crippen molar-refractivity contribution in [3.63, 3.8) is 0 Å². The molecule has 2 rings (SSSR count). The molecule has 1 saturated heterocycles. The fourth-order valence-corrected chi connectivity index (χ4v) is 7.08. The van der Waals surface area contributed by atoms with Gasteiger partial charge in [-0.1, -0.05) is 87.7 Å². The van der Waals surface area contributed by atoms with Gasteiger partial charge < -0.3 is 35.5 Å². The SMILES string of the molecule is COC1=CC[C@@H]([C@@H](C)/C=C(C)/C=C\C=C/C(=O)N[C@H](C(=O)N/C=C\C[C@H](C/C=C(\C)Cl)OC(=O)NCCCNC(=O)CCCCCN2C(=O)CC(SC)C2=O)C(C)(C)C)OC1=O. The second kappa shape index (κ2) is 28.0. The minimum absolute atomic E-state index is 0.0432. The van der Waals surface area contributed by atoms with E-state index >= 15 is 0 Å². The second-order valence-corrected chi connectivity index (χ2v) is 17.8. The van der Waals surface area contributed by atoms with Crippen LogP contribution in [0.1, 0.15) is 99.3 Å². The van der Waals surface area contributed by atoms with Gasteiger partial charge in [0.2, 0.25) is 29.5 Å². The van der Waals surface area contributed by atoms with E-state index in [0.29, 0.717) is 56.6 Å². The molecule has 2 aliphatic rings. The number of nitrogens with zero attached hydrogens (tertiary/aromatic N) is 1. The fraction of sp³-hybridized carbons (Fsp3) is 0.578. The summed E-state index contributed by atoms with van der Waals surface area (Å²) >= 11 is 7.42. The number of ether oxygens (including phenoxy) is 3. The fourth-order valence-electron chi connectivity index (χ4n) is 6.36. The predicted molar refractivity (Wildman–Crippen MR) is 241 cm³/mol. The van der Waals surface area contributed by atoms with Crippen LogP contribution >= 0.6 is 23.4 Å². The van der Waals surface area contributed by atoms with Crippen molar-refractivity contribution in [2.45, 2.75) is 123 Å². The zero-order valence-electron chi connectivity index (χ0n) is 37.4. The van der Waals surface area contributed by atoms with Crippen LogP contribution in [0.2, 0.25) is 0 Å². The maximum atomic E-state index is 13.2. The van der Waals surface area contributed by atoms with E-state index in [0.717, 1.165) is 12.0 Å². The van der Waals surface area contributed by atoms with E-state index in [4.69, 9.17) is 25.8 Å². The molecule has 17 heteroatoms. The van der Waals surface area contributed by atoms with Crippen molar-refractivity contribution in [3.05, 3.63) is 71.2 Å². The molecule has 2 aliphatic heterocycles. The Morgan fingerprint density at radius 3 is 2.37 bits per heavy atom. The van der Waals surface area contributed by atoms with Gasteiger partial charge in [-0.15, -0.1) is 0 Å². The molecule has 4 N–H and O–H groups in total. The molecule has 62 heavy (non-hydrogen) atoms. The van der Waals surface area contributed by atoms with Crippen molar-refractivity contribution < 1.29 is 47.8 Å². The number of thioether (sulfide) groups is 1. The van der Waals surface area contributed by atoms with E-state index in [9.17, 15) is 33.6 Å². The maximum Gasteiger partial charge on any atom is 0.407 e. The van der Waals surface area contributed by atoms with Crippen molar-refractivity contribution in [3.8, 4) is 0 Å². The Kier molecular flexibility index (Phi) is 24.1. The quantitative estimate of drug-likeness (QED) is 0.0265. The van der Waals surface area contributed by atoms with Crippen LogP contribution in [0, 0.1) is 11.3 Å². The first kappa shape index (κ1) is 53.3. The molecule has 0 aliphatic carbocycles. The highest BCUT2D eigenvalue weighted by Crippen LogP contribution is 2.25. The predicted octanol–water partition coefficient (Wildman–Crippen LogP) is 6.26. The number of esters is 1. The van der Waals surface area contributed by atoms with Crippen LogP contribution in [0.4, 0.5) is 4.79 Å². The number of halogens is 1. The van der Waals surface area contributed by atoms with E-state index in [1.54, 1.807) is 37.3 Å². The zero-order chi connectivity index (χ0) is 46.2. The zero-order valence-corrected chi connectivity index (χ0v) is 39.0. The average molecular weight is 905 g/mol. The number of allylic oxidation sites excluding steroid dienone is 5. The second-order valence-electron chi connectivity index (χ2n) is 16.2. The number of amides is 6. The van der Waals surface area contributed by atoms with E-state index in [2.05, 4.69) is 21.3 Å². The van der Waals surface area contributed by atoms with Gasteiger partial charge in [-0.25, -0.2) is 9.59 Å². The Morgan fingerprint density at radius 2 is 1.73 bits per heavy atom. The number of hydrogen-bond donors (Lipinski definition) is 4. The summed E-state index contributed by atoms with van der Waals surface area (Å²) in [5.41, 5.74) is 0.292. The number of methoxy groups -OCH3 is 1. The monoisotopic (exact) mass is 903 g/mol. The average Bonchev–Trinajstić information content (AvgIpc) is 3.49. The third-order valence-corrected chi connectivity index (χ3v) is 10.9. The van der Waals surface area contributed by atoms with Gasteiger partial charge >= 0.3 is 12.1 Å². The van der Waals surface area contributed by atoms with Crippen LogP contribution in [0.25, 0.3) is 0 Å². The van der Waals surface area contributed by atoms with Crippen LogP contribution in [0.3, 0.4) is 0 Å². The number of nitrogens with one attached hydrogen (secondary N) is 4. The summed E-state index contributed by atoms with van der Waals surface area (Å²) in [5, 5.41) is 11.3. The lowest BCUT2D eigenvalue weighted by molar-refractivity contribution is -0.151. The molecule has 0 aromatic rings. The summed E-state index contributed by atoms with van der Waals surface area (Å²) in [7, 11) is 1.43. The third kappa shape index (κ3) is 20.4. The number of imide groups is 1. The molecule has 0 spiro atoms. The standard InChI is InChI=1S/C45H66ClN5O10S/c1-30(28-31(2)34-22-23-35(59-7)43(57)61-34)16-11-12-19-38(53)50-40(45(4,5)6)41(55)48-24-14-17-33(21-20-32(3)46)60-44(58)49-26-15-25-47-37(52)18-10-9-13-27-51-39(54)29-36(62-8)42(51)56/h11-12,14,16,19-20,23-24,28,31,33-34,36,40H,9-10,13,15,17-18,21-22,25-27,29H2,1-8H3,(H,47,52)(H,48,55)(H,49,58)(H,50,53)/b16-11-,19-12-,24-14-,30-28+,32-20+/t31-,33+,34-,36?,40+/m0/s1. The highest BCUT2D eigenvalue weighted by atomic mass is 35.5. The molecule has 0 saturated carbocycles. The summed E-state index contributed by atoms with van der Waals surface area (Å²) in [6.45, 7) is 12.1. The van der Waals surface area contributed by atoms with Crippen LogP contribution in [0.5, 0.6) is 0 Å². The van der Waals surface area contributed by atoms with Crippen LogP contribution < -0.4 is 21.3 Å².